The van der Waals surface area contributed by atoms with E-state index in [0.29, 0.717) is 0 Å². The summed E-state index contributed by atoms with van der Waals surface area (Å²) in [6.45, 7) is 3.97. The van der Waals surface area contributed by atoms with Crippen LogP contribution in [-0.2, 0) is 27.9 Å². The Morgan fingerprint density at radius 2 is 1.70 bits per heavy atom. The van der Waals surface area contributed by atoms with Crippen molar-refractivity contribution in [1.82, 2.24) is 5.32 Å². The second-order valence-corrected chi connectivity index (χ2v) is 7.67. The smallest absolute Gasteiger partial charge is 0.389 e. The molecule has 20 heavy (non-hydrogen) atoms. The van der Waals surface area contributed by atoms with Gasteiger partial charge in [-0.15, -0.1) is 0 Å². The van der Waals surface area contributed by atoms with Crippen molar-refractivity contribution in [3.8, 4) is 0 Å². The van der Waals surface area contributed by atoms with Crippen LogP contribution in [0.4, 0.5) is 0 Å². The second-order valence-electron chi connectivity index (χ2n) is 3.60. The first-order valence-corrected chi connectivity index (χ1v) is 9.51. The molecule has 0 unspecified atom stereocenters. The summed E-state index contributed by atoms with van der Waals surface area (Å²) in [4.78, 5) is 23.0. The van der Waals surface area contributed by atoms with Crippen LogP contribution < -0.4 is 5.32 Å². The van der Waals surface area contributed by atoms with Crippen LogP contribution >= 0.6 is 18.2 Å². The van der Waals surface area contributed by atoms with Crippen molar-refractivity contribution in [3.05, 3.63) is 0 Å². The number of ether oxygens (including phenoxy) is 1. The summed E-state index contributed by atoms with van der Waals surface area (Å²) in [5, 5.41) is 2.45. The Bertz CT molecular complexity index is 355. The SMILES string of the molecule is CCOC(=O)[C@@H](C)NC(=O)CSP(=O)(OCC)OCC. The van der Waals surface area contributed by atoms with Crippen LogP contribution in [0.15, 0.2) is 0 Å². The van der Waals surface area contributed by atoms with Crippen molar-refractivity contribution >= 4 is 30.1 Å². The first kappa shape index (κ1) is 19.4. The van der Waals surface area contributed by atoms with Crippen molar-refractivity contribution < 1.29 is 27.9 Å². The minimum atomic E-state index is -3.31. The van der Waals surface area contributed by atoms with E-state index in [9.17, 15) is 14.2 Å². The van der Waals surface area contributed by atoms with E-state index in [1.807, 2.05) is 0 Å². The standard InChI is InChI=1S/C11H22NO6PS/c1-5-16-11(14)9(4)12-10(13)8-20-19(15,17-6-2)18-7-3/h9H,5-8H2,1-4H3,(H,12,13)/t9-/m1/s1. The molecule has 1 amide bonds. The molecule has 0 radical (unpaired) electrons. The lowest BCUT2D eigenvalue weighted by molar-refractivity contribution is -0.146. The van der Waals surface area contributed by atoms with Crippen LogP contribution in [-0.4, -0.2) is 43.5 Å². The summed E-state index contributed by atoms with van der Waals surface area (Å²) < 4.78 is 26.9. The van der Waals surface area contributed by atoms with E-state index in [0.717, 1.165) is 11.4 Å². The lowest BCUT2D eigenvalue weighted by Gasteiger charge is -2.16. The normalized spacial score (nSPS) is 12.8. The van der Waals surface area contributed by atoms with Crippen molar-refractivity contribution in [2.24, 2.45) is 0 Å². The lowest BCUT2D eigenvalue weighted by atomic mass is 10.3. The maximum absolute atomic E-state index is 12.1. The summed E-state index contributed by atoms with van der Waals surface area (Å²) in [6, 6.07) is -0.748. The molecule has 0 rings (SSSR count). The van der Waals surface area contributed by atoms with Crippen molar-refractivity contribution in [3.63, 3.8) is 0 Å². The largest absolute Gasteiger partial charge is 0.464 e. The van der Waals surface area contributed by atoms with Crippen LogP contribution in [0.5, 0.6) is 0 Å². The average molecular weight is 327 g/mol. The van der Waals surface area contributed by atoms with E-state index >= 15 is 0 Å². The van der Waals surface area contributed by atoms with Crippen LogP contribution in [0, 0.1) is 0 Å². The Kier molecular flexibility index (Phi) is 9.92. The molecule has 9 heteroatoms. The van der Waals surface area contributed by atoms with Gasteiger partial charge in [0, 0.05) is 0 Å². The molecule has 7 nitrogen and oxygen atoms in total. The van der Waals surface area contributed by atoms with Crippen molar-refractivity contribution in [2.45, 2.75) is 33.7 Å². The van der Waals surface area contributed by atoms with E-state index in [2.05, 4.69) is 5.32 Å². The zero-order chi connectivity index (χ0) is 15.6. The molecule has 0 saturated carbocycles. The summed E-state index contributed by atoms with van der Waals surface area (Å²) in [5.41, 5.74) is 0. The molecule has 0 aliphatic rings. The van der Waals surface area contributed by atoms with Crippen LogP contribution in [0.25, 0.3) is 0 Å². The molecule has 0 bridgehead atoms. The van der Waals surface area contributed by atoms with Crippen LogP contribution in [0.1, 0.15) is 27.7 Å². The quantitative estimate of drug-likeness (QED) is 0.484. The van der Waals surface area contributed by atoms with E-state index in [1.54, 1.807) is 20.8 Å². The second kappa shape index (κ2) is 10.2. The summed E-state index contributed by atoms with van der Waals surface area (Å²) in [7, 11) is 0. The molecule has 0 saturated heterocycles. The molecule has 0 aliphatic carbocycles. The first-order valence-electron chi connectivity index (χ1n) is 6.38. The van der Waals surface area contributed by atoms with Crippen LogP contribution in [0.2, 0.25) is 0 Å². The predicted octanol–water partition coefficient (Wildman–Crippen LogP) is 1.97. The van der Waals surface area contributed by atoms with Gasteiger partial charge in [-0.1, -0.05) is 0 Å². The van der Waals surface area contributed by atoms with E-state index < -0.39 is 24.7 Å². The number of hydrogen-bond donors (Lipinski definition) is 1. The highest BCUT2D eigenvalue weighted by atomic mass is 32.7. The Morgan fingerprint density at radius 1 is 1.15 bits per heavy atom. The molecule has 0 aromatic rings. The van der Waals surface area contributed by atoms with Gasteiger partial charge in [-0.05, 0) is 39.1 Å². The van der Waals surface area contributed by atoms with Gasteiger partial charge in [0.2, 0.25) is 5.91 Å². The molecular formula is C11H22NO6PS. The fraction of sp³-hybridized carbons (Fsp3) is 0.818. The maximum atomic E-state index is 12.1. The number of carbonyl (C=O) groups is 2. The highest BCUT2D eigenvalue weighted by Gasteiger charge is 2.26. The van der Waals surface area contributed by atoms with Gasteiger partial charge >= 0.3 is 12.8 Å². The summed E-state index contributed by atoms with van der Waals surface area (Å²) >= 11 is 0.795. The highest BCUT2D eigenvalue weighted by Crippen LogP contribution is 2.60. The molecule has 1 atom stereocenters. The Balaban J connectivity index is 4.26. The minimum absolute atomic E-state index is 0.124. The van der Waals surface area contributed by atoms with Gasteiger partial charge in [-0.25, -0.2) is 9.36 Å². The molecule has 0 spiro atoms. The number of amides is 1. The third-order valence-corrected chi connectivity index (χ3v) is 5.77. The lowest BCUT2D eigenvalue weighted by Crippen LogP contribution is -2.40. The number of rotatable bonds is 10. The number of esters is 1. The van der Waals surface area contributed by atoms with Gasteiger partial charge in [0.05, 0.1) is 25.6 Å². The molecule has 0 aliphatic heterocycles. The Labute approximate surface area is 123 Å². The molecular weight excluding hydrogens is 305 g/mol. The van der Waals surface area contributed by atoms with Gasteiger partial charge in [0.25, 0.3) is 0 Å². The van der Waals surface area contributed by atoms with Gasteiger partial charge in [-0.3, -0.25) is 4.79 Å². The minimum Gasteiger partial charge on any atom is -0.464 e. The molecule has 0 aromatic heterocycles. The number of hydrogen-bond acceptors (Lipinski definition) is 7. The number of nitrogens with one attached hydrogen (secondary N) is 1. The van der Waals surface area contributed by atoms with Crippen molar-refractivity contribution in [2.75, 3.05) is 25.6 Å². The summed E-state index contributed by atoms with van der Waals surface area (Å²) in [5.74, 6) is -1.07. The van der Waals surface area contributed by atoms with Gasteiger partial charge in [0.1, 0.15) is 6.04 Å². The topological polar surface area (TPSA) is 90.9 Å². The van der Waals surface area contributed by atoms with E-state index in [-0.39, 0.29) is 25.6 Å². The fourth-order valence-electron chi connectivity index (χ4n) is 1.18. The van der Waals surface area contributed by atoms with E-state index in [4.69, 9.17) is 13.8 Å². The van der Waals surface area contributed by atoms with Gasteiger partial charge in [-0.2, -0.15) is 0 Å². The maximum Gasteiger partial charge on any atom is 0.389 e. The average Bonchev–Trinajstić information content (AvgIpc) is 2.37. The van der Waals surface area contributed by atoms with Gasteiger partial charge in [0.15, 0.2) is 0 Å². The monoisotopic (exact) mass is 327 g/mol. The van der Waals surface area contributed by atoms with Gasteiger partial charge < -0.3 is 19.1 Å². The Hall–Kier alpha value is -0.560. The molecule has 0 aromatic carbocycles. The third-order valence-electron chi connectivity index (χ3n) is 1.95. The molecule has 118 valence electrons. The first-order chi connectivity index (χ1) is 9.38. The fourth-order valence-corrected chi connectivity index (χ4v) is 4.30. The molecule has 1 N–H and O–H groups in total. The van der Waals surface area contributed by atoms with Crippen LogP contribution in [0.3, 0.4) is 0 Å². The highest BCUT2D eigenvalue weighted by molar-refractivity contribution is 8.55. The third kappa shape index (κ3) is 7.89. The molecule has 0 fully saturated rings. The molecule has 0 heterocycles. The zero-order valence-corrected chi connectivity index (χ0v) is 13.9. The predicted molar refractivity (Wildman–Crippen MR) is 77.6 cm³/mol. The zero-order valence-electron chi connectivity index (χ0n) is 12.2. The Morgan fingerprint density at radius 3 is 2.15 bits per heavy atom. The van der Waals surface area contributed by atoms with Crippen molar-refractivity contribution in [1.29, 1.82) is 0 Å². The number of carbonyl (C=O) groups excluding carboxylic acids is 2. The van der Waals surface area contributed by atoms with E-state index in [1.165, 1.54) is 6.92 Å². The summed E-state index contributed by atoms with van der Waals surface area (Å²) in [6.07, 6.45) is 0.